The molecule has 4 aliphatic carbocycles. The molecule has 1 unspecified atom stereocenters. The summed E-state index contributed by atoms with van der Waals surface area (Å²) in [7, 11) is 0. The normalized spacial score (nSPS) is 45.6. The smallest absolute Gasteiger partial charge is 0.139 e. The molecule has 5 heteroatoms. The molecule has 5 nitrogen and oxygen atoms in total. The number of hydrogen-bond donors (Lipinski definition) is 2. The summed E-state index contributed by atoms with van der Waals surface area (Å²) in [5.74, 6) is 2.68. The molecule has 4 fully saturated rings. The van der Waals surface area contributed by atoms with Crippen molar-refractivity contribution in [2.24, 2.45) is 45.4 Å². The molecule has 4 rings (SSSR count). The highest BCUT2D eigenvalue weighted by Gasteiger charge is 2.61. The lowest BCUT2D eigenvalue weighted by Gasteiger charge is -2.60. The highest BCUT2D eigenvalue weighted by molar-refractivity contribution is 5.87. The number of ketones is 1. The number of allylic oxidation sites excluding steroid dienone is 1. The number of nitrogens with two attached hydrogens (primary N) is 1. The third-order valence-electron chi connectivity index (χ3n) is 8.86. The van der Waals surface area contributed by atoms with E-state index >= 15 is 0 Å². The van der Waals surface area contributed by atoms with Crippen LogP contribution < -0.4 is 5.73 Å². The first-order chi connectivity index (χ1) is 13.4. The minimum absolute atomic E-state index is 0.0936. The number of nitrogens with zero attached hydrogens (tertiary/aromatic N) is 1. The van der Waals surface area contributed by atoms with Crippen LogP contribution in [0.15, 0.2) is 16.8 Å². The van der Waals surface area contributed by atoms with Crippen molar-refractivity contribution in [3.8, 4) is 0 Å². The Labute approximate surface area is 168 Å². The quantitative estimate of drug-likeness (QED) is 0.439. The summed E-state index contributed by atoms with van der Waals surface area (Å²) in [5.41, 5.74) is 8.16. The first-order valence-corrected chi connectivity index (χ1v) is 11.1. The van der Waals surface area contributed by atoms with E-state index in [9.17, 15) is 9.90 Å². The molecule has 0 amide bonds. The molecular formula is C23H36N2O3. The maximum Gasteiger partial charge on any atom is 0.139 e. The van der Waals surface area contributed by atoms with E-state index in [0.717, 1.165) is 50.7 Å². The van der Waals surface area contributed by atoms with Gasteiger partial charge in [0.25, 0.3) is 0 Å². The Kier molecular flexibility index (Phi) is 5.43. The first-order valence-electron chi connectivity index (χ1n) is 11.1. The molecule has 0 heterocycles. The van der Waals surface area contributed by atoms with Crippen molar-refractivity contribution in [1.82, 2.24) is 0 Å². The van der Waals surface area contributed by atoms with Gasteiger partial charge in [-0.1, -0.05) is 30.7 Å². The second kappa shape index (κ2) is 7.56. The van der Waals surface area contributed by atoms with Gasteiger partial charge in [0.15, 0.2) is 0 Å². The molecule has 156 valence electrons. The van der Waals surface area contributed by atoms with E-state index in [-0.39, 0.29) is 17.4 Å². The van der Waals surface area contributed by atoms with Crippen LogP contribution >= 0.6 is 0 Å². The highest BCUT2D eigenvalue weighted by Crippen LogP contribution is 2.66. The van der Waals surface area contributed by atoms with Gasteiger partial charge in [-0.05, 0) is 74.0 Å². The van der Waals surface area contributed by atoms with E-state index in [1.165, 1.54) is 12.0 Å². The van der Waals surface area contributed by atoms with Crippen LogP contribution in [0.25, 0.3) is 0 Å². The van der Waals surface area contributed by atoms with Crippen molar-refractivity contribution in [2.75, 3.05) is 19.8 Å². The first kappa shape index (κ1) is 20.1. The fourth-order valence-electron chi connectivity index (χ4n) is 7.35. The van der Waals surface area contributed by atoms with E-state index in [2.05, 4.69) is 19.0 Å². The van der Waals surface area contributed by atoms with Crippen LogP contribution in [0.4, 0.5) is 0 Å². The monoisotopic (exact) mass is 388 g/mol. The lowest BCUT2D eigenvalue weighted by molar-refractivity contribution is -0.134. The van der Waals surface area contributed by atoms with Crippen molar-refractivity contribution in [1.29, 1.82) is 0 Å². The average Bonchev–Trinajstić information content (AvgIpc) is 2.98. The summed E-state index contributed by atoms with van der Waals surface area (Å²) in [4.78, 5) is 18.0. The van der Waals surface area contributed by atoms with Crippen molar-refractivity contribution in [3.63, 3.8) is 0 Å². The van der Waals surface area contributed by atoms with Crippen molar-refractivity contribution < 1.29 is 14.7 Å². The van der Waals surface area contributed by atoms with Crippen molar-refractivity contribution in [3.05, 3.63) is 11.6 Å². The van der Waals surface area contributed by atoms with Crippen molar-refractivity contribution >= 4 is 11.5 Å². The molecule has 0 bridgehead atoms. The molecule has 0 spiro atoms. The molecule has 6 atom stereocenters. The summed E-state index contributed by atoms with van der Waals surface area (Å²) in [6.07, 6.45) is 10.1. The van der Waals surface area contributed by atoms with Gasteiger partial charge in [-0.2, -0.15) is 0 Å². The molecule has 0 saturated heterocycles. The number of aliphatic hydroxyl groups is 1. The Morgan fingerprint density at radius 2 is 2.04 bits per heavy atom. The van der Waals surface area contributed by atoms with Crippen LogP contribution in [0.1, 0.15) is 65.2 Å². The Hall–Kier alpha value is -1.20. The summed E-state index contributed by atoms with van der Waals surface area (Å²) >= 11 is 0. The molecule has 0 aromatic heterocycles. The SMILES string of the molecule is C[C@]12CCC(=NOCCN)CC1/C(=C/CO)C[C@@H]1[C@@H]2CC[C@]2(C)C(=O)CC[C@@H]12. The number of hydrogen-bond acceptors (Lipinski definition) is 5. The predicted octanol–water partition coefficient (Wildman–Crippen LogP) is 3.46. The summed E-state index contributed by atoms with van der Waals surface area (Å²) in [6, 6.07) is 0. The predicted molar refractivity (Wildman–Crippen MR) is 110 cm³/mol. The number of fused-ring (bicyclic) bond motifs is 5. The lowest BCUT2D eigenvalue weighted by atomic mass is 9.44. The van der Waals surface area contributed by atoms with E-state index in [4.69, 9.17) is 10.6 Å². The number of carbonyl (C=O) groups is 1. The van der Waals surface area contributed by atoms with Gasteiger partial charge in [0.1, 0.15) is 12.4 Å². The molecule has 0 radical (unpaired) electrons. The highest BCUT2D eigenvalue weighted by atomic mass is 16.6. The minimum Gasteiger partial charge on any atom is -0.395 e. The fraction of sp³-hybridized carbons (Fsp3) is 0.826. The fourth-order valence-corrected chi connectivity index (χ4v) is 7.35. The number of Topliss-reactive ketones (excluding diaryl/α,β-unsaturated/α-hetero) is 1. The molecule has 28 heavy (non-hydrogen) atoms. The molecule has 3 N–H and O–H groups in total. The van der Waals surface area contributed by atoms with E-state index < -0.39 is 0 Å². The summed E-state index contributed by atoms with van der Waals surface area (Å²) < 4.78 is 0. The van der Waals surface area contributed by atoms with Gasteiger partial charge in [-0.25, -0.2) is 0 Å². The van der Waals surface area contributed by atoms with Crippen LogP contribution in [-0.2, 0) is 9.63 Å². The Balaban J connectivity index is 1.63. The zero-order valence-corrected chi connectivity index (χ0v) is 17.5. The molecule has 0 aromatic rings. The van der Waals surface area contributed by atoms with Crippen LogP contribution in [0.2, 0.25) is 0 Å². The maximum absolute atomic E-state index is 12.6. The molecule has 4 aliphatic rings. The largest absolute Gasteiger partial charge is 0.395 e. The zero-order valence-electron chi connectivity index (χ0n) is 17.5. The Morgan fingerprint density at radius 3 is 2.79 bits per heavy atom. The molecule has 0 aliphatic heterocycles. The van der Waals surface area contributed by atoms with Gasteiger partial charge in [0.2, 0.25) is 0 Å². The van der Waals surface area contributed by atoms with Crippen LogP contribution in [0.3, 0.4) is 0 Å². The second-order valence-corrected chi connectivity index (χ2v) is 10.0. The number of rotatable bonds is 4. The summed E-state index contributed by atoms with van der Waals surface area (Å²) in [6.45, 7) is 5.74. The molecule has 0 aromatic carbocycles. The maximum atomic E-state index is 12.6. The van der Waals surface area contributed by atoms with Gasteiger partial charge in [0.05, 0.1) is 12.3 Å². The van der Waals surface area contributed by atoms with Gasteiger partial charge in [-0.3, -0.25) is 4.79 Å². The standard InChI is InChI=1S/C23H36N2O3/c1-22-8-5-16(25-28-12-10-24)14-20(22)15(7-11-26)13-17-18-3-4-21(27)23(18,2)9-6-19(17)22/h7,17-20,26H,3-6,8-14,24H2,1-2H3/b15-7+,25-16?/t17-,18-,19-,20?,22+,23-/m0/s1. The van der Waals surface area contributed by atoms with Crippen LogP contribution in [0, 0.1) is 34.5 Å². The lowest BCUT2D eigenvalue weighted by Crippen LogP contribution is -2.54. The minimum atomic E-state index is -0.105. The van der Waals surface area contributed by atoms with E-state index in [1.54, 1.807) is 0 Å². The van der Waals surface area contributed by atoms with Crippen LogP contribution in [0.5, 0.6) is 0 Å². The number of aliphatic hydroxyl groups excluding tert-OH is 1. The van der Waals surface area contributed by atoms with Gasteiger partial charge in [0, 0.05) is 18.4 Å². The zero-order chi connectivity index (χ0) is 19.9. The number of oxime groups is 1. The van der Waals surface area contributed by atoms with E-state index in [1.807, 2.05) is 6.08 Å². The number of carbonyl (C=O) groups excluding carboxylic acids is 1. The average molecular weight is 389 g/mol. The molecular weight excluding hydrogens is 352 g/mol. The van der Waals surface area contributed by atoms with Gasteiger partial charge >= 0.3 is 0 Å². The topological polar surface area (TPSA) is 84.9 Å². The summed E-state index contributed by atoms with van der Waals surface area (Å²) in [5, 5.41) is 14.1. The van der Waals surface area contributed by atoms with Gasteiger partial charge < -0.3 is 15.7 Å². The van der Waals surface area contributed by atoms with E-state index in [0.29, 0.717) is 42.6 Å². The third-order valence-corrected chi connectivity index (χ3v) is 8.86. The van der Waals surface area contributed by atoms with Crippen molar-refractivity contribution in [2.45, 2.75) is 65.2 Å². The third kappa shape index (κ3) is 3.06. The Bertz CT molecular complexity index is 687. The Morgan fingerprint density at radius 1 is 1.21 bits per heavy atom. The van der Waals surface area contributed by atoms with Gasteiger partial charge in [-0.15, -0.1) is 0 Å². The molecule has 4 saturated carbocycles. The second-order valence-electron chi connectivity index (χ2n) is 10.0. The van der Waals surface area contributed by atoms with Crippen LogP contribution in [-0.4, -0.2) is 36.4 Å².